The van der Waals surface area contributed by atoms with Gasteiger partial charge in [-0.2, -0.15) is 5.06 Å². The highest BCUT2D eigenvalue weighted by Gasteiger charge is 2.19. The maximum absolute atomic E-state index is 10.8. The maximum atomic E-state index is 10.8. The molecule has 0 unspecified atom stereocenters. The van der Waals surface area contributed by atoms with Crippen molar-refractivity contribution >= 4 is 6.09 Å². The molecule has 60 valence electrons. The molecule has 1 amide bonds. The maximum Gasteiger partial charge on any atom is 0.433 e. The summed E-state index contributed by atoms with van der Waals surface area (Å²) < 4.78 is 4.68. The average Bonchev–Trinajstić information content (AvgIpc) is 2.03. The molecule has 1 heterocycles. The van der Waals surface area contributed by atoms with Crippen molar-refractivity contribution < 1.29 is 14.4 Å². The molecule has 0 bridgehead atoms. The van der Waals surface area contributed by atoms with Crippen LogP contribution < -0.4 is 0 Å². The predicted octanol–water partition coefficient (Wildman–Crippen LogP) is 0.393. The molecule has 0 aromatic heterocycles. The fraction of sp³-hybridized carbons (Fsp3) is 0.571. The summed E-state index contributed by atoms with van der Waals surface area (Å²) >= 11 is 0. The van der Waals surface area contributed by atoms with Crippen LogP contribution >= 0.6 is 0 Å². The van der Waals surface area contributed by atoms with E-state index in [-0.39, 0.29) is 6.61 Å². The van der Waals surface area contributed by atoms with Crippen molar-refractivity contribution in [1.29, 1.82) is 0 Å². The summed E-state index contributed by atoms with van der Waals surface area (Å²) in [4.78, 5) is 15.7. The molecule has 1 fully saturated rings. The molecule has 4 heteroatoms. The lowest BCUT2D eigenvalue weighted by Gasteiger charge is -2.23. The highest BCUT2D eigenvalue weighted by molar-refractivity contribution is 5.66. The number of nitrogens with zero attached hydrogens (tertiary/aromatic N) is 1. The largest absolute Gasteiger partial charge is 0.448 e. The Hall–Kier alpha value is -1.21. The van der Waals surface area contributed by atoms with E-state index < -0.39 is 6.09 Å². The van der Waals surface area contributed by atoms with Gasteiger partial charge in [-0.05, 0) is 0 Å². The van der Waals surface area contributed by atoms with E-state index in [2.05, 4.69) is 10.7 Å². The van der Waals surface area contributed by atoms with Gasteiger partial charge in [0.15, 0.2) is 0 Å². The van der Waals surface area contributed by atoms with Crippen LogP contribution in [-0.2, 0) is 9.57 Å². The molecular weight excluding hydrogens is 146 g/mol. The smallest absolute Gasteiger partial charge is 0.433 e. The molecule has 0 aliphatic carbocycles. The number of hydrogen-bond acceptors (Lipinski definition) is 3. The molecule has 4 nitrogen and oxygen atoms in total. The molecule has 0 spiro atoms. The molecule has 0 atom stereocenters. The van der Waals surface area contributed by atoms with Crippen LogP contribution in [0.5, 0.6) is 0 Å². The van der Waals surface area contributed by atoms with E-state index in [0.29, 0.717) is 13.2 Å². The molecule has 1 saturated heterocycles. The van der Waals surface area contributed by atoms with E-state index in [4.69, 9.17) is 11.3 Å². The second-order valence-electron chi connectivity index (χ2n) is 2.05. The number of carbonyl (C=O) groups excluding carboxylic acids is 1. The second kappa shape index (κ2) is 3.84. The standard InChI is InChI=1S/C7H9NO3/c1-2-5-11-8-4-3-6-10-7(8)9/h1H,3-6H2. The minimum Gasteiger partial charge on any atom is -0.448 e. The fourth-order valence-electron chi connectivity index (χ4n) is 0.763. The molecule has 0 radical (unpaired) electrons. The van der Waals surface area contributed by atoms with Crippen LogP contribution in [0.4, 0.5) is 4.79 Å². The summed E-state index contributed by atoms with van der Waals surface area (Å²) in [5.41, 5.74) is 0. The first-order chi connectivity index (χ1) is 5.34. The number of cyclic esters (lactones) is 1. The molecule has 0 N–H and O–H groups in total. The molecule has 1 aliphatic rings. The van der Waals surface area contributed by atoms with Crippen LogP contribution in [0.2, 0.25) is 0 Å². The number of hydroxylamine groups is 2. The van der Waals surface area contributed by atoms with Crippen molar-refractivity contribution in [3.05, 3.63) is 0 Å². The van der Waals surface area contributed by atoms with E-state index in [1.54, 1.807) is 0 Å². The summed E-state index contributed by atoms with van der Waals surface area (Å²) in [6.07, 6.45) is 5.27. The van der Waals surface area contributed by atoms with Gasteiger partial charge in [0.25, 0.3) is 0 Å². The topological polar surface area (TPSA) is 38.8 Å². The van der Waals surface area contributed by atoms with E-state index in [1.165, 1.54) is 0 Å². The zero-order valence-corrected chi connectivity index (χ0v) is 6.08. The number of rotatable bonds is 2. The Morgan fingerprint density at radius 1 is 1.82 bits per heavy atom. The van der Waals surface area contributed by atoms with Gasteiger partial charge in [0.1, 0.15) is 6.61 Å². The Kier molecular flexibility index (Phi) is 2.75. The molecular formula is C7H9NO3. The Morgan fingerprint density at radius 2 is 2.64 bits per heavy atom. The van der Waals surface area contributed by atoms with Crippen LogP contribution in [0.3, 0.4) is 0 Å². The van der Waals surface area contributed by atoms with Crippen LogP contribution in [0.15, 0.2) is 0 Å². The summed E-state index contributed by atoms with van der Waals surface area (Å²) in [6, 6.07) is 0. The van der Waals surface area contributed by atoms with Crippen LogP contribution in [-0.4, -0.2) is 30.9 Å². The van der Waals surface area contributed by atoms with E-state index >= 15 is 0 Å². The first-order valence-electron chi connectivity index (χ1n) is 3.35. The predicted molar refractivity (Wildman–Crippen MR) is 37.5 cm³/mol. The first kappa shape index (κ1) is 7.89. The Labute approximate surface area is 65.0 Å². The van der Waals surface area contributed by atoms with Gasteiger partial charge in [-0.25, -0.2) is 4.79 Å². The number of ether oxygens (including phenoxy) is 1. The third-order valence-electron chi connectivity index (χ3n) is 1.24. The van der Waals surface area contributed by atoms with E-state index in [0.717, 1.165) is 11.5 Å². The minimum absolute atomic E-state index is 0.106. The van der Waals surface area contributed by atoms with Gasteiger partial charge in [-0.15, -0.1) is 6.42 Å². The lowest BCUT2D eigenvalue weighted by molar-refractivity contribution is -0.140. The zero-order chi connectivity index (χ0) is 8.10. The van der Waals surface area contributed by atoms with Gasteiger partial charge in [-0.1, -0.05) is 5.92 Å². The van der Waals surface area contributed by atoms with Crippen LogP contribution in [0.1, 0.15) is 6.42 Å². The van der Waals surface area contributed by atoms with Crippen LogP contribution in [0, 0.1) is 12.3 Å². The number of amides is 1. The fourth-order valence-corrected chi connectivity index (χ4v) is 0.763. The minimum atomic E-state index is -0.452. The molecule has 11 heavy (non-hydrogen) atoms. The third kappa shape index (κ3) is 2.13. The van der Waals surface area contributed by atoms with Gasteiger partial charge in [0.05, 0.1) is 13.2 Å². The van der Waals surface area contributed by atoms with Gasteiger partial charge in [0, 0.05) is 6.42 Å². The average molecular weight is 155 g/mol. The second-order valence-corrected chi connectivity index (χ2v) is 2.05. The Balaban J connectivity index is 2.31. The molecule has 0 saturated carbocycles. The quantitative estimate of drug-likeness (QED) is 0.541. The van der Waals surface area contributed by atoms with E-state index in [1.807, 2.05) is 0 Å². The summed E-state index contributed by atoms with van der Waals surface area (Å²) in [6.45, 7) is 1.13. The Bertz CT molecular complexity index is 185. The van der Waals surface area contributed by atoms with Crippen molar-refractivity contribution in [2.75, 3.05) is 19.8 Å². The lowest BCUT2D eigenvalue weighted by Crippen LogP contribution is -2.37. The first-order valence-corrected chi connectivity index (χ1v) is 3.35. The molecule has 1 aliphatic heterocycles. The SMILES string of the molecule is C#CCON1CCCOC1=O. The molecule has 0 aromatic carbocycles. The Morgan fingerprint density at radius 3 is 3.27 bits per heavy atom. The normalized spacial score (nSPS) is 17.4. The molecule has 0 aromatic rings. The summed E-state index contributed by atoms with van der Waals surface area (Å²) in [5.74, 6) is 2.26. The highest BCUT2D eigenvalue weighted by atomic mass is 16.7. The van der Waals surface area contributed by atoms with Crippen molar-refractivity contribution in [3.63, 3.8) is 0 Å². The number of terminal acetylenes is 1. The lowest BCUT2D eigenvalue weighted by atomic mass is 10.4. The molecule has 1 rings (SSSR count). The van der Waals surface area contributed by atoms with Crippen molar-refractivity contribution in [1.82, 2.24) is 5.06 Å². The van der Waals surface area contributed by atoms with Gasteiger partial charge >= 0.3 is 6.09 Å². The highest BCUT2D eigenvalue weighted by Crippen LogP contribution is 2.03. The summed E-state index contributed by atoms with van der Waals surface area (Å²) in [7, 11) is 0. The third-order valence-corrected chi connectivity index (χ3v) is 1.24. The van der Waals surface area contributed by atoms with Gasteiger partial charge < -0.3 is 4.74 Å². The van der Waals surface area contributed by atoms with Crippen LogP contribution in [0.25, 0.3) is 0 Å². The monoisotopic (exact) mass is 155 g/mol. The van der Waals surface area contributed by atoms with Crippen molar-refractivity contribution in [2.24, 2.45) is 0 Å². The van der Waals surface area contributed by atoms with E-state index in [9.17, 15) is 4.79 Å². The summed E-state index contributed by atoms with van der Waals surface area (Å²) in [5, 5.41) is 1.14. The van der Waals surface area contributed by atoms with Gasteiger partial charge in [-0.3, -0.25) is 4.84 Å². The van der Waals surface area contributed by atoms with Crippen molar-refractivity contribution in [2.45, 2.75) is 6.42 Å². The van der Waals surface area contributed by atoms with Crippen molar-refractivity contribution in [3.8, 4) is 12.3 Å². The number of hydrogen-bond donors (Lipinski definition) is 0. The number of carbonyl (C=O) groups is 1. The zero-order valence-electron chi connectivity index (χ0n) is 6.08. The van der Waals surface area contributed by atoms with Gasteiger partial charge in [0.2, 0.25) is 0 Å².